The van der Waals surface area contributed by atoms with Crippen LogP contribution in [0.4, 0.5) is 5.69 Å². The molecule has 0 bridgehead atoms. The van der Waals surface area contributed by atoms with Crippen molar-refractivity contribution in [3.63, 3.8) is 0 Å². The van der Waals surface area contributed by atoms with Crippen molar-refractivity contribution in [1.82, 2.24) is 9.99 Å². The normalized spacial score (nSPS) is 11.1. The molecule has 0 unspecified atom stereocenters. The van der Waals surface area contributed by atoms with Gasteiger partial charge in [0.1, 0.15) is 24.7 Å². The zero-order valence-electron chi connectivity index (χ0n) is 23.6. The van der Waals surface area contributed by atoms with E-state index in [-0.39, 0.29) is 40.5 Å². The second-order valence-electron chi connectivity index (χ2n) is 9.73. The number of hydrazone groups is 1. The van der Waals surface area contributed by atoms with Crippen LogP contribution in [-0.2, 0) is 13.2 Å². The number of rotatable bonds is 11. The maximum Gasteiger partial charge on any atom is 0.307 e. The lowest BCUT2D eigenvalue weighted by Crippen LogP contribution is -2.16. The Bertz CT molecular complexity index is 1800. The fourth-order valence-corrected chi connectivity index (χ4v) is 5.04. The number of nitrogens with zero attached hydrogens (tertiary/aromatic N) is 3. The fraction of sp³-hybridized carbons (Fsp3) is 0.125. The van der Waals surface area contributed by atoms with Crippen LogP contribution in [0.2, 0.25) is 10.0 Å². The average Bonchev–Trinajstić information content (AvgIpc) is 3.62. The van der Waals surface area contributed by atoms with E-state index in [4.69, 9.17) is 37.1 Å². The summed E-state index contributed by atoms with van der Waals surface area (Å²) >= 11 is 12.7. The molecular formula is C32H26Cl2N4O6. The number of hydrogen-bond donors (Lipinski definition) is 1. The number of carbonyl (C=O) groups excluding carboxylic acids is 1. The van der Waals surface area contributed by atoms with Gasteiger partial charge in [0, 0.05) is 29.2 Å². The van der Waals surface area contributed by atoms with E-state index < -0.39 is 10.8 Å². The first-order chi connectivity index (χ1) is 21.2. The van der Waals surface area contributed by atoms with E-state index in [9.17, 15) is 14.9 Å². The van der Waals surface area contributed by atoms with Gasteiger partial charge in [-0.15, -0.1) is 0 Å². The molecule has 1 N–H and O–H groups in total. The zero-order chi connectivity index (χ0) is 31.2. The van der Waals surface area contributed by atoms with Crippen LogP contribution in [0.3, 0.4) is 0 Å². The van der Waals surface area contributed by atoms with Gasteiger partial charge in [0.05, 0.1) is 21.2 Å². The van der Waals surface area contributed by atoms with Crippen LogP contribution in [0.15, 0.2) is 94.4 Å². The van der Waals surface area contributed by atoms with Gasteiger partial charge >= 0.3 is 5.91 Å². The topological polar surface area (TPSA) is 121 Å². The largest absolute Gasteiger partial charge is 0.486 e. The number of nitro groups is 1. The van der Waals surface area contributed by atoms with E-state index in [1.165, 1.54) is 24.4 Å². The van der Waals surface area contributed by atoms with E-state index in [2.05, 4.69) is 41.1 Å². The highest BCUT2D eigenvalue weighted by Gasteiger charge is 2.13. The van der Waals surface area contributed by atoms with Crippen molar-refractivity contribution in [2.45, 2.75) is 27.1 Å². The highest BCUT2D eigenvalue weighted by atomic mass is 35.5. The number of amides is 1. The maximum absolute atomic E-state index is 12.5. The summed E-state index contributed by atoms with van der Waals surface area (Å²) in [6.45, 7) is 4.28. The number of nitrogens with one attached hydrogen (secondary N) is 1. The molecule has 12 heteroatoms. The molecule has 5 rings (SSSR count). The number of benzene rings is 3. The Hall–Kier alpha value is -5.06. The quantitative estimate of drug-likeness (QED) is 0.0899. The second kappa shape index (κ2) is 13.5. The molecule has 0 aliphatic carbocycles. The number of hydrogen-bond acceptors (Lipinski definition) is 7. The zero-order valence-corrected chi connectivity index (χ0v) is 25.1. The van der Waals surface area contributed by atoms with Gasteiger partial charge in [-0.3, -0.25) is 14.9 Å². The van der Waals surface area contributed by atoms with Crippen molar-refractivity contribution in [2.75, 3.05) is 0 Å². The summed E-state index contributed by atoms with van der Waals surface area (Å²) in [6, 6.07) is 24.2. The third-order valence-corrected chi connectivity index (χ3v) is 7.10. The maximum atomic E-state index is 12.5. The molecule has 0 fully saturated rings. The fourth-order valence-electron chi connectivity index (χ4n) is 4.43. The molecule has 2 aromatic heterocycles. The summed E-state index contributed by atoms with van der Waals surface area (Å²) < 4.78 is 19.3. The van der Waals surface area contributed by atoms with Crippen molar-refractivity contribution < 1.29 is 23.6 Å². The van der Waals surface area contributed by atoms with Gasteiger partial charge in [-0.2, -0.15) is 5.10 Å². The molecule has 0 aliphatic heterocycles. The predicted molar refractivity (Wildman–Crippen MR) is 167 cm³/mol. The molecule has 1 amide bonds. The van der Waals surface area contributed by atoms with E-state index >= 15 is 0 Å². The van der Waals surface area contributed by atoms with Crippen molar-refractivity contribution in [1.29, 1.82) is 0 Å². The van der Waals surface area contributed by atoms with Crippen molar-refractivity contribution in [2.24, 2.45) is 5.10 Å². The summed E-state index contributed by atoms with van der Waals surface area (Å²) in [5.74, 6) is 0.869. The lowest BCUT2D eigenvalue weighted by Gasteiger charge is -2.11. The van der Waals surface area contributed by atoms with Gasteiger partial charge < -0.3 is 18.5 Å². The van der Waals surface area contributed by atoms with E-state index in [1.54, 1.807) is 30.3 Å². The Kier molecular flexibility index (Phi) is 9.32. The lowest BCUT2D eigenvalue weighted by atomic mass is 10.2. The first kappa shape index (κ1) is 30.4. The highest BCUT2D eigenvalue weighted by Crippen LogP contribution is 2.34. The van der Waals surface area contributed by atoms with E-state index in [0.717, 1.165) is 17.1 Å². The first-order valence-corrected chi connectivity index (χ1v) is 14.1. The molecular weight excluding hydrogens is 607 g/mol. The van der Waals surface area contributed by atoms with E-state index in [0.29, 0.717) is 22.6 Å². The molecule has 44 heavy (non-hydrogen) atoms. The van der Waals surface area contributed by atoms with Crippen molar-refractivity contribution in [3.05, 3.63) is 139 Å². The molecule has 5 aromatic rings. The van der Waals surface area contributed by atoms with Crippen LogP contribution in [0.1, 0.15) is 38.8 Å². The van der Waals surface area contributed by atoms with Gasteiger partial charge in [-0.25, -0.2) is 5.43 Å². The SMILES string of the molecule is Cc1ccc(C)n1-c1ccc(OCc2ccc(C(=O)N/N=C/c3cc(Cl)c(OCc4cccc([N+](=O)[O-])c4)c(Cl)c3)o2)cc1. The third kappa shape index (κ3) is 7.28. The van der Waals surface area contributed by atoms with Crippen LogP contribution < -0.4 is 14.9 Å². The average molecular weight is 633 g/mol. The number of carbonyl (C=O) groups is 1. The predicted octanol–water partition coefficient (Wildman–Crippen LogP) is 7.82. The Morgan fingerprint density at radius 2 is 1.66 bits per heavy atom. The van der Waals surface area contributed by atoms with Crippen LogP contribution in [0.5, 0.6) is 11.5 Å². The number of aromatic nitrogens is 1. The van der Waals surface area contributed by atoms with Gasteiger partial charge in [-0.05, 0) is 85.6 Å². The Morgan fingerprint density at radius 3 is 2.34 bits per heavy atom. The molecule has 2 heterocycles. The van der Waals surface area contributed by atoms with Gasteiger partial charge in [0.2, 0.25) is 0 Å². The lowest BCUT2D eigenvalue weighted by molar-refractivity contribution is -0.384. The molecule has 224 valence electrons. The second-order valence-corrected chi connectivity index (χ2v) is 10.5. The third-order valence-electron chi connectivity index (χ3n) is 6.54. The van der Waals surface area contributed by atoms with Crippen LogP contribution in [-0.4, -0.2) is 21.6 Å². The Balaban J connectivity index is 1.13. The first-order valence-electron chi connectivity index (χ1n) is 13.3. The summed E-state index contributed by atoms with van der Waals surface area (Å²) in [5.41, 5.74) is 6.78. The van der Waals surface area contributed by atoms with E-state index in [1.807, 2.05) is 24.3 Å². The number of aryl methyl sites for hydroxylation is 2. The molecule has 0 saturated heterocycles. The highest BCUT2D eigenvalue weighted by molar-refractivity contribution is 6.37. The summed E-state index contributed by atoms with van der Waals surface area (Å²) in [5, 5.41) is 15.3. The van der Waals surface area contributed by atoms with Crippen molar-refractivity contribution >= 4 is 41.0 Å². The molecule has 0 spiro atoms. The number of halogens is 2. The van der Waals surface area contributed by atoms with Crippen LogP contribution in [0, 0.1) is 24.0 Å². The minimum atomic E-state index is -0.552. The number of furan rings is 1. The Labute approximate surface area is 262 Å². The minimum absolute atomic E-state index is 0.0287. The number of non-ortho nitro benzene ring substituents is 1. The minimum Gasteiger partial charge on any atom is -0.486 e. The van der Waals surface area contributed by atoms with Crippen LogP contribution >= 0.6 is 23.2 Å². The standard InChI is InChI=1S/C32H26Cl2N4O6/c1-20-6-7-21(2)37(20)24-8-10-26(11-9-24)42-19-27-12-13-30(44-27)32(39)36-35-17-23-15-28(33)31(29(34)16-23)43-18-22-4-3-5-25(14-22)38(40)41/h3-17H,18-19H2,1-2H3,(H,36,39)/b35-17+. The van der Waals surface area contributed by atoms with Gasteiger partial charge in [0.25, 0.3) is 5.69 Å². The summed E-state index contributed by atoms with van der Waals surface area (Å²) in [7, 11) is 0. The molecule has 0 atom stereocenters. The Morgan fingerprint density at radius 1 is 0.955 bits per heavy atom. The number of ether oxygens (including phenoxy) is 2. The molecule has 0 aliphatic rings. The summed E-state index contributed by atoms with van der Waals surface area (Å²) in [6.07, 6.45) is 1.37. The van der Waals surface area contributed by atoms with Gasteiger partial charge in [0.15, 0.2) is 11.5 Å². The van der Waals surface area contributed by atoms with Gasteiger partial charge in [-0.1, -0.05) is 35.3 Å². The number of nitro benzene ring substituents is 1. The summed E-state index contributed by atoms with van der Waals surface area (Å²) in [4.78, 5) is 23.0. The molecule has 0 radical (unpaired) electrons. The molecule has 10 nitrogen and oxygen atoms in total. The van der Waals surface area contributed by atoms with Crippen LogP contribution in [0.25, 0.3) is 5.69 Å². The molecule has 3 aromatic carbocycles. The molecule has 0 saturated carbocycles. The van der Waals surface area contributed by atoms with Crippen molar-refractivity contribution in [3.8, 4) is 17.2 Å². The monoisotopic (exact) mass is 632 g/mol. The smallest absolute Gasteiger partial charge is 0.307 e.